The SMILES string of the molecule is Cc1cnc(NCC(F)(F)c2ccccc2)c(=O)n1CC(=O)NCCON=C(N)N.Cl.Cl. The number of anilines is 1. The molecule has 2 rings (SSSR count). The lowest BCUT2D eigenvalue weighted by Crippen LogP contribution is -2.37. The molecule has 0 aliphatic carbocycles. The van der Waals surface area contributed by atoms with Crippen LogP contribution >= 0.6 is 24.8 Å². The predicted molar refractivity (Wildman–Crippen MR) is 121 cm³/mol. The highest BCUT2D eigenvalue weighted by atomic mass is 35.5. The maximum Gasteiger partial charge on any atom is 0.293 e. The Morgan fingerprint density at radius 2 is 1.91 bits per heavy atom. The molecule has 0 fully saturated rings. The van der Waals surface area contributed by atoms with Gasteiger partial charge in [0.05, 0.1) is 13.1 Å². The number of hydrogen-bond acceptors (Lipinski definition) is 6. The Bertz CT molecular complexity index is 955. The molecule has 0 aliphatic rings. The lowest BCUT2D eigenvalue weighted by Gasteiger charge is -2.18. The summed E-state index contributed by atoms with van der Waals surface area (Å²) in [5.74, 6) is -4.23. The summed E-state index contributed by atoms with van der Waals surface area (Å²) in [5.41, 5.74) is 9.69. The Labute approximate surface area is 195 Å². The maximum atomic E-state index is 14.3. The number of benzene rings is 1. The van der Waals surface area contributed by atoms with Crippen LogP contribution in [0.25, 0.3) is 0 Å². The molecule has 0 saturated heterocycles. The lowest BCUT2D eigenvalue weighted by atomic mass is 10.1. The van der Waals surface area contributed by atoms with Crippen molar-refractivity contribution in [2.45, 2.75) is 19.4 Å². The first-order chi connectivity index (χ1) is 14.2. The first kappa shape index (κ1) is 28.9. The molecule has 6 N–H and O–H groups in total. The molecule has 0 spiro atoms. The molecule has 10 nitrogen and oxygen atoms in total. The third-order valence-electron chi connectivity index (χ3n) is 3.92. The van der Waals surface area contributed by atoms with Crippen molar-refractivity contribution in [3.8, 4) is 0 Å². The molecule has 0 unspecified atom stereocenters. The third kappa shape index (κ3) is 8.55. The van der Waals surface area contributed by atoms with Crippen LogP contribution in [0.2, 0.25) is 0 Å². The minimum atomic E-state index is -3.21. The zero-order valence-electron chi connectivity index (χ0n) is 17.1. The molecule has 32 heavy (non-hydrogen) atoms. The lowest BCUT2D eigenvalue weighted by molar-refractivity contribution is -0.122. The Kier molecular flexibility index (Phi) is 12.0. The highest BCUT2D eigenvalue weighted by Crippen LogP contribution is 2.27. The monoisotopic (exact) mass is 495 g/mol. The van der Waals surface area contributed by atoms with Crippen molar-refractivity contribution >= 4 is 42.5 Å². The van der Waals surface area contributed by atoms with Crippen LogP contribution < -0.4 is 27.7 Å². The average molecular weight is 496 g/mol. The summed E-state index contributed by atoms with van der Waals surface area (Å²) in [7, 11) is 0. The molecule has 1 heterocycles. The number of carbonyl (C=O) groups excluding carboxylic acids is 1. The second-order valence-corrected chi connectivity index (χ2v) is 6.26. The molecule has 1 aromatic carbocycles. The van der Waals surface area contributed by atoms with Crippen LogP contribution in [0, 0.1) is 6.92 Å². The summed E-state index contributed by atoms with van der Waals surface area (Å²) in [6.07, 6.45) is 1.32. The van der Waals surface area contributed by atoms with E-state index >= 15 is 0 Å². The van der Waals surface area contributed by atoms with Crippen molar-refractivity contribution in [2.24, 2.45) is 16.6 Å². The molecule has 0 atom stereocenters. The van der Waals surface area contributed by atoms with E-state index in [1.807, 2.05) is 0 Å². The molecule has 1 aromatic heterocycles. The minimum absolute atomic E-state index is 0. The Hall–Kier alpha value is -3.12. The fourth-order valence-electron chi connectivity index (χ4n) is 2.42. The van der Waals surface area contributed by atoms with Gasteiger partial charge in [-0.1, -0.05) is 30.3 Å². The number of aryl methyl sites for hydroxylation is 1. The van der Waals surface area contributed by atoms with E-state index in [0.717, 1.165) is 4.57 Å². The van der Waals surface area contributed by atoms with Crippen LogP contribution in [0.4, 0.5) is 14.6 Å². The molecule has 0 radical (unpaired) electrons. The number of nitrogens with zero attached hydrogens (tertiary/aromatic N) is 3. The number of carbonyl (C=O) groups is 1. The number of guanidine groups is 1. The highest BCUT2D eigenvalue weighted by molar-refractivity contribution is 5.85. The van der Waals surface area contributed by atoms with Crippen molar-refractivity contribution in [3.05, 3.63) is 58.1 Å². The maximum absolute atomic E-state index is 14.3. The van der Waals surface area contributed by atoms with Gasteiger partial charge in [0.15, 0.2) is 5.82 Å². The van der Waals surface area contributed by atoms with E-state index in [9.17, 15) is 18.4 Å². The van der Waals surface area contributed by atoms with Gasteiger partial charge in [-0.2, -0.15) is 8.78 Å². The highest BCUT2D eigenvalue weighted by Gasteiger charge is 2.31. The number of alkyl halides is 2. The normalized spacial score (nSPS) is 10.2. The van der Waals surface area contributed by atoms with Gasteiger partial charge in [0, 0.05) is 17.5 Å². The molecule has 2 aromatic rings. The zero-order chi connectivity index (χ0) is 22.1. The molecule has 0 saturated carbocycles. The van der Waals surface area contributed by atoms with Crippen molar-refractivity contribution in [1.29, 1.82) is 0 Å². The van der Waals surface area contributed by atoms with Gasteiger partial charge in [-0.15, -0.1) is 24.8 Å². The van der Waals surface area contributed by atoms with Crippen LogP contribution in [0.5, 0.6) is 0 Å². The fraction of sp³-hybridized carbons (Fsp3) is 0.333. The summed E-state index contributed by atoms with van der Waals surface area (Å²) >= 11 is 0. The quantitative estimate of drug-likeness (QED) is 0.165. The van der Waals surface area contributed by atoms with Gasteiger partial charge in [-0.3, -0.25) is 14.2 Å². The smallest absolute Gasteiger partial charge is 0.293 e. The van der Waals surface area contributed by atoms with E-state index in [0.29, 0.717) is 5.69 Å². The number of hydrogen-bond donors (Lipinski definition) is 4. The number of oxime groups is 1. The predicted octanol–water partition coefficient (Wildman–Crippen LogP) is 0.920. The summed E-state index contributed by atoms with van der Waals surface area (Å²) in [4.78, 5) is 33.2. The molecule has 0 bridgehead atoms. The fourth-order valence-corrected chi connectivity index (χ4v) is 2.42. The number of aromatic nitrogens is 2. The van der Waals surface area contributed by atoms with Crippen LogP contribution in [0.3, 0.4) is 0 Å². The molecular formula is C18H25Cl2F2N7O3. The van der Waals surface area contributed by atoms with Gasteiger partial charge in [0.2, 0.25) is 11.9 Å². The molecule has 0 aliphatic heterocycles. The molecule has 178 valence electrons. The van der Waals surface area contributed by atoms with Crippen molar-refractivity contribution < 1.29 is 18.4 Å². The van der Waals surface area contributed by atoms with E-state index in [4.69, 9.17) is 16.3 Å². The standard InChI is InChI=1S/C18H23F2N7O3.2ClH/c1-12-9-24-15(25-11-18(19,20)13-5-3-2-4-6-13)16(29)27(12)10-14(28)23-7-8-30-26-17(21)22;;/h2-6,9H,7-8,10-11H2,1H3,(H,23,28)(H,24,25)(H4,21,22,26);2*1H. The van der Waals surface area contributed by atoms with E-state index in [1.165, 1.54) is 30.5 Å². The molecule has 14 heteroatoms. The van der Waals surface area contributed by atoms with Crippen molar-refractivity contribution in [2.75, 3.05) is 25.0 Å². The van der Waals surface area contributed by atoms with E-state index in [-0.39, 0.29) is 61.9 Å². The Morgan fingerprint density at radius 3 is 2.53 bits per heavy atom. The minimum Gasteiger partial charge on any atom is -0.391 e. The summed E-state index contributed by atoms with van der Waals surface area (Å²) in [5, 5.41) is 8.19. The van der Waals surface area contributed by atoms with Gasteiger partial charge in [0.25, 0.3) is 11.5 Å². The average Bonchev–Trinajstić information content (AvgIpc) is 2.70. The molecule has 1 amide bonds. The topological polar surface area (TPSA) is 150 Å². The summed E-state index contributed by atoms with van der Waals surface area (Å²) < 4.78 is 29.8. The third-order valence-corrected chi connectivity index (χ3v) is 3.92. The van der Waals surface area contributed by atoms with Crippen LogP contribution in [0.1, 0.15) is 11.3 Å². The number of nitrogens with one attached hydrogen (secondary N) is 2. The van der Waals surface area contributed by atoms with E-state index in [1.54, 1.807) is 13.0 Å². The zero-order valence-corrected chi connectivity index (χ0v) is 18.7. The van der Waals surface area contributed by atoms with Gasteiger partial charge in [-0.05, 0) is 12.1 Å². The number of rotatable bonds is 10. The van der Waals surface area contributed by atoms with Crippen molar-refractivity contribution in [3.63, 3.8) is 0 Å². The van der Waals surface area contributed by atoms with Crippen LogP contribution in [-0.2, 0) is 22.1 Å². The van der Waals surface area contributed by atoms with Gasteiger partial charge < -0.3 is 26.9 Å². The van der Waals surface area contributed by atoms with Gasteiger partial charge in [-0.25, -0.2) is 4.98 Å². The van der Waals surface area contributed by atoms with Gasteiger partial charge in [0.1, 0.15) is 13.2 Å². The summed E-state index contributed by atoms with van der Waals surface area (Å²) in [6, 6.07) is 7.22. The van der Waals surface area contributed by atoms with Crippen molar-refractivity contribution in [1.82, 2.24) is 14.9 Å². The second kappa shape index (κ2) is 13.3. The summed E-state index contributed by atoms with van der Waals surface area (Å²) in [6.45, 7) is 0.555. The van der Waals surface area contributed by atoms with E-state index < -0.39 is 23.9 Å². The first-order valence-corrected chi connectivity index (χ1v) is 8.92. The second-order valence-electron chi connectivity index (χ2n) is 6.26. The van der Waals surface area contributed by atoms with Crippen LogP contribution in [-0.4, -0.2) is 41.1 Å². The number of nitrogens with two attached hydrogens (primary N) is 2. The van der Waals surface area contributed by atoms with E-state index in [2.05, 4.69) is 20.8 Å². The van der Waals surface area contributed by atoms with Gasteiger partial charge >= 0.3 is 0 Å². The Balaban J connectivity index is 0.00000480. The largest absolute Gasteiger partial charge is 0.391 e. The Morgan fingerprint density at radius 1 is 1.25 bits per heavy atom. The first-order valence-electron chi connectivity index (χ1n) is 8.92. The number of halogens is 4. The van der Waals surface area contributed by atoms with Crippen LogP contribution in [0.15, 0.2) is 46.5 Å². The molecular weight excluding hydrogens is 471 g/mol. The number of amides is 1.